The summed E-state index contributed by atoms with van der Waals surface area (Å²) < 4.78 is 5.54. The molecule has 2 heterocycles. The summed E-state index contributed by atoms with van der Waals surface area (Å²) in [6.45, 7) is 2.06. The Balaban J connectivity index is 2.14. The zero-order valence-corrected chi connectivity index (χ0v) is 11.4. The predicted octanol–water partition coefficient (Wildman–Crippen LogP) is 1.31. The quantitative estimate of drug-likeness (QED) is 0.676. The fourth-order valence-electron chi connectivity index (χ4n) is 2.65. The molecule has 1 aliphatic rings. The van der Waals surface area contributed by atoms with Crippen LogP contribution >= 0.6 is 0 Å². The van der Waals surface area contributed by atoms with Crippen molar-refractivity contribution in [2.24, 2.45) is 5.73 Å². The fourth-order valence-corrected chi connectivity index (χ4v) is 2.65. The second-order valence-corrected chi connectivity index (χ2v) is 4.94. The van der Waals surface area contributed by atoms with Gasteiger partial charge in [-0.15, -0.1) is 0 Å². The van der Waals surface area contributed by atoms with Crippen LogP contribution < -0.4 is 10.6 Å². The van der Waals surface area contributed by atoms with Crippen LogP contribution in [0.5, 0.6) is 0 Å². The number of pyridine rings is 1. The molecule has 1 saturated heterocycles. The molecule has 0 spiro atoms. The van der Waals surface area contributed by atoms with Crippen LogP contribution in [0.4, 0.5) is 11.4 Å². The number of para-hydroxylation sites is 1. The number of fused-ring (bicyclic) bond motifs is 1. The topological polar surface area (TPSA) is 94.5 Å². The first kappa shape index (κ1) is 13.7. The van der Waals surface area contributed by atoms with Gasteiger partial charge in [-0.3, -0.25) is 10.1 Å². The number of nitro groups is 1. The van der Waals surface area contributed by atoms with Crippen LogP contribution in [-0.2, 0) is 4.74 Å². The maximum atomic E-state index is 11.3. The van der Waals surface area contributed by atoms with Gasteiger partial charge in [0.15, 0.2) is 0 Å². The molecule has 0 saturated carbocycles. The number of anilines is 1. The van der Waals surface area contributed by atoms with E-state index in [0.29, 0.717) is 31.9 Å². The normalized spacial score (nSPS) is 18.9. The molecule has 1 unspecified atom stereocenters. The Hall–Kier alpha value is -2.25. The minimum Gasteiger partial charge on any atom is -0.373 e. The summed E-state index contributed by atoms with van der Waals surface area (Å²) in [6, 6.07) is 7.44. The zero-order chi connectivity index (χ0) is 14.8. The summed E-state index contributed by atoms with van der Waals surface area (Å²) in [4.78, 5) is 17.1. The van der Waals surface area contributed by atoms with Crippen molar-refractivity contribution < 1.29 is 9.66 Å². The summed E-state index contributed by atoms with van der Waals surface area (Å²) in [5.41, 5.74) is 7.02. The maximum Gasteiger partial charge on any atom is 0.311 e. The molecule has 0 aliphatic carbocycles. The van der Waals surface area contributed by atoms with E-state index < -0.39 is 0 Å². The Morgan fingerprint density at radius 3 is 3.05 bits per heavy atom. The van der Waals surface area contributed by atoms with E-state index in [1.54, 1.807) is 0 Å². The lowest BCUT2D eigenvalue weighted by Gasteiger charge is -2.34. The third-order valence-corrected chi connectivity index (χ3v) is 3.64. The van der Waals surface area contributed by atoms with Gasteiger partial charge in [0.25, 0.3) is 0 Å². The molecular formula is C14H16N4O3. The van der Waals surface area contributed by atoms with Crippen LogP contribution in [0, 0.1) is 10.1 Å². The second-order valence-electron chi connectivity index (χ2n) is 4.94. The van der Waals surface area contributed by atoms with Crippen LogP contribution in [0.15, 0.2) is 30.5 Å². The van der Waals surface area contributed by atoms with Crippen LogP contribution in [0.1, 0.15) is 0 Å². The highest BCUT2D eigenvalue weighted by Crippen LogP contribution is 2.35. The molecule has 21 heavy (non-hydrogen) atoms. The van der Waals surface area contributed by atoms with Gasteiger partial charge in [0.1, 0.15) is 11.9 Å². The molecule has 110 valence electrons. The summed E-state index contributed by atoms with van der Waals surface area (Å²) in [5, 5.41) is 12.1. The van der Waals surface area contributed by atoms with E-state index in [2.05, 4.69) is 4.98 Å². The molecule has 3 rings (SSSR count). The molecule has 1 aromatic carbocycles. The van der Waals surface area contributed by atoms with Gasteiger partial charge in [-0.2, -0.15) is 0 Å². The molecule has 1 fully saturated rings. The SMILES string of the molecule is NCC1CN(c2c([N+](=O)[O-])cnc3ccccc23)CCO1. The molecule has 0 radical (unpaired) electrons. The van der Waals surface area contributed by atoms with E-state index in [9.17, 15) is 10.1 Å². The molecular weight excluding hydrogens is 272 g/mol. The van der Waals surface area contributed by atoms with E-state index in [-0.39, 0.29) is 16.7 Å². The lowest BCUT2D eigenvalue weighted by molar-refractivity contribution is -0.384. The van der Waals surface area contributed by atoms with Gasteiger partial charge in [0.05, 0.1) is 23.2 Å². The van der Waals surface area contributed by atoms with Gasteiger partial charge < -0.3 is 15.4 Å². The number of aromatic nitrogens is 1. The highest BCUT2D eigenvalue weighted by Gasteiger charge is 2.27. The molecule has 1 aliphatic heterocycles. The molecule has 1 atom stereocenters. The number of rotatable bonds is 3. The molecule has 1 aromatic heterocycles. The molecule has 0 bridgehead atoms. The minimum absolute atomic E-state index is 0.0198. The molecule has 7 heteroatoms. The van der Waals surface area contributed by atoms with Gasteiger partial charge >= 0.3 is 5.69 Å². The number of morpholine rings is 1. The maximum absolute atomic E-state index is 11.3. The van der Waals surface area contributed by atoms with E-state index in [1.807, 2.05) is 29.2 Å². The van der Waals surface area contributed by atoms with E-state index >= 15 is 0 Å². The summed E-state index contributed by atoms with van der Waals surface area (Å²) in [6.07, 6.45) is 1.22. The summed E-state index contributed by atoms with van der Waals surface area (Å²) in [7, 11) is 0. The highest BCUT2D eigenvalue weighted by molar-refractivity contribution is 5.96. The lowest BCUT2D eigenvalue weighted by Crippen LogP contribution is -2.46. The van der Waals surface area contributed by atoms with Crippen molar-refractivity contribution in [3.8, 4) is 0 Å². The minimum atomic E-state index is -0.387. The largest absolute Gasteiger partial charge is 0.373 e. The van der Waals surface area contributed by atoms with Crippen molar-refractivity contribution in [3.05, 3.63) is 40.6 Å². The Morgan fingerprint density at radius 2 is 2.29 bits per heavy atom. The van der Waals surface area contributed by atoms with Crippen LogP contribution in [0.2, 0.25) is 0 Å². The van der Waals surface area contributed by atoms with Gasteiger partial charge in [0, 0.05) is 25.0 Å². The number of nitrogens with two attached hydrogens (primary N) is 1. The van der Waals surface area contributed by atoms with Crippen molar-refractivity contribution in [1.29, 1.82) is 0 Å². The lowest BCUT2D eigenvalue weighted by atomic mass is 10.1. The number of ether oxygens (including phenoxy) is 1. The molecule has 0 amide bonds. The van der Waals surface area contributed by atoms with Crippen molar-refractivity contribution in [1.82, 2.24) is 4.98 Å². The smallest absolute Gasteiger partial charge is 0.311 e. The predicted molar refractivity (Wildman–Crippen MR) is 79.4 cm³/mol. The van der Waals surface area contributed by atoms with Crippen molar-refractivity contribution in [2.45, 2.75) is 6.10 Å². The fraction of sp³-hybridized carbons (Fsp3) is 0.357. The highest BCUT2D eigenvalue weighted by atomic mass is 16.6. The van der Waals surface area contributed by atoms with Crippen molar-refractivity contribution in [2.75, 3.05) is 31.1 Å². The van der Waals surface area contributed by atoms with Crippen molar-refractivity contribution >= 4 is 22.3 Å². The Labute approximate surface area is 121 Å². The molecule has 2 aromatic rings. The van der Waals surface area contributed by atoms with Gasteiger partial charge in [0.2, 0.25) is 0 Å². The average Bonchev–Trinajstić information content (AvgIpc) is 2.53. The van der Waals surface area contributed by atoms with Crippen LogP contribution in [0.3, 0.4) is 0 Å². The third kappa shape index (κ3) is 2.53. The number of nitrogens with zero attached hydrogens (tertiary/aromatic N) is 3. The number of benzene rings is 1. The standard InChI is InChI=1S/C14H16N4O3/c15-7-10-9-17(5-6-21-10)14-11-3-1-2-4-12(11)16-8-13(14)18(19)20/h1-4,8,10H,5-7,9,15H2. The number of hydrogen-bond donors (Lipinski definition) is 1. The molecule has 7 nitrogen and oxygen atoms in total. The average molecular weight is 288 g/mol. The van der Waals surface area contributed by atoms with Crippen LogP contribution in [-0.4, -0.2) is 42.3 Å². The van der Waals surface area contributed by atoms with E-state index in [0.717, 1.165) is 10.9 Å². The van der Waals surface area contributed by atoms with Crippen LogP contribution in [0.25, 0.3) is 10.9 Å². The summed E-state index contributed by atoms with van der Waals surface area (Å²) >= 11 is 0. The van der Waals surface area contributed by atoms with E-state index in [1.165, 1.54) is 6.20 Å². The Bertz CT molecular complexity index is 676. The van der Waals surface area contributed by atoms with E-state index in [4.69, 9.17) is 10.5 Å². The summed E-state index contributed by atoms with van der Waals surface area (Å²) in [5.74, 6) is 0. The first-order valence-electron chi connectivity index (χ1n) is 6.79. The van der Waals surface area contributed by atoms with Crippen molar-refractivity contribution in [3.63, 3.8) is 0 Å². The van der Waals surface area contributed by atoms with Gasteiger partial charge in [-0.05, 0) is 6.07 Å². The Kier molecular flexibility index (Phi) is 3.68. The second kappa shape index (κ2) is 5.63. The monoisotopic (exact) mass is 288 g/mol. The number of hydrogen-bond acceptors (Lipinski definition) is 6. The third-order valence-electron chi connectivity index (χ3n) is 3.64. The van der Waals surface area contributed by atoms with Gasteiger partial charge in [-0.25, -0.2) is 4.98 Å². The molecule has 2 N–H and O–H groups in total. The van der Waals surface area contributed by atoms with Gasteiger partial charge in [-0.1, -0.05) is 18.2 Å². The Morgan fingerprint density at radius 1 is 1.48 bits per heavy atom. The zero-order valence-electron chi connectivity index (χ0n) is 11.4. The first-order valence-corrected chi connectivity index (χ1v) is 6.79. The first-order chi connectivity index (χ1) is 10.2.